The maximum absolute atomic E-state index is 11.8. The minimum Gasteiger partial charge on any atom is -0.351 e. The molecule has 2 rings (SSSR count). The highest BCUT2D eigenvalue weighted by Gasteiger charge is 2.08. The Morgan fingerprint density at radius 1 is 1.23 bits per heavy atom. The van der Waals surface area contributed by atoms with E-state index in [1.165, 1.54) is 12.4 Å². The minimum atomic E-state index is -0.228. The van der Waals surface area contributed by atoms with Gasteiger partial charge >= 0.3 is 0 Å². The van der Waals surface area contributed by atoms with E-state index in [0.717, 1.165) is 12.8 Å². The summed E-state index contributed by atoms with van der Waals surface area (Å²) in [4.78, 5) is 20.1. The number of hydrogen-bond acceptors (Lipinski definition) is 4. The zero-order valence-electron chi connectivity index (χ0n) is 12.1. The van der Waals surface area contributed by atoms with Gasteiger partial charge in [-0.25, -0.2) is 9.97 Å². The highest BCUT2D eigenvalue weighted by atomic mass is 35.5. The molecule has 0 saturated carbocycles. The summed E-state index contributed by atoms with van der Waals surface area (Å²) >= 11 is 12.0. The molecule has 7 heteroatoms. The monoisotopic (exact) mass is 338 g/mol. The third kappa shape index (κ3) is 4.58. The molecule has 2 N–H and O–H groups in total. The van der Waals surface area contributed by atoms with Crippen molar-refractivity contribution < 1.29 is 4.79 Å². The highest BCUT2D eigenvalue weighted by Crippen LogP contribution is 2.27. The fraction of sp³-hybridized carbons (Fsp3) is 0.267. The van der Waals surface area contributed by atoms with Gasteiger partial charge in [-0.1, -0.05) is 36.5 Å². The molecule has 0 saturated heterocycles. The van der Waals surface area contributed by atoms with Gasteiger partial charge in [-0.05, 0) is 24.6 Å². The molecule has 116 valence electrons. The lowest BCUT2D eigenvalue weighted by Gasteiger charge is -2.08. The summed E-state index contributed by atoms with van der Waals surface area (Å²) in [6.45, 7) is 2.70. The summed E-state index contributed by atoms with van der Waals surface area (Å²) in [7, 11) is 0. The molecule has 0 radical (unpaired) electrons. The van der Waals surface area contributed by atoms with Crippen molar-refractivity contribution in [2.45, 2.75) is 19.8 Å². The summed E-state index contributed by atoms with van der Waals surface area (Å²) in [6, 6.07) is 5.08. The van der Waals surface area contributed by atoms with Crippen LogP contribution in [0.4, 0.5) is 11.5 Å². The maximum Gasteiger partial charge on any atom is 0.271 e. The third-order valence-corrected chi connectivity index (χ3v) is 3.46. The van der Waals surface area contributed by atoms with E-state index in [9.17, 15) is 4.79 Å². The average Bonchev–Trinajstić information content (AvgIpc) is 2.52. The number of carbonyl (C=O) groups is 1. The Morgan fingerprint density at radius 3 is 2.73 bits per heavy atom. The molecule has 1 aromatic carbocycles. The number of carbonyl (C=O) groups excluding carboxylic acids is 1. The van der Waals surface area contributed by atoms with Crippen molar-refractivity contribution in [2.75, 3.05) is 11.9 Å². The standard InChI is InChI=1S/C15H16Cl2N4O/c1-2-3-6-18-15(22)13-8-20-14(9-19-13)21-12-7-10(16)4-5-11(12)17/h4-5,7-9H,2-3,6H2,1H3,(H,18,22)(H,20,21). The van der Waals surface area contributed by atoms with Gasteiger partial charge in [0.15, 0.2) is 0 Å². The van der Waals surface area contributed by atoms with Gasteiger partial charge in [-0.15, -0.1) is 0 Å². The first kappa shape index (κ1) is 16.5. The van der Waals surface area contributed by atoms with Crippen molar-refractivity contribution in [3.8, 4) is 0 Å². The van der Waals surface area contributed by atoms with Gasteiger partial charge in [0.05, 0.1) is 23.1 Å². The number of amides is 1. The Bertz CT molecular complexity index is 646. The van der Waals surface area contributed by atoms with E-state index in [2.05, 4.69) is 27.5 Å². The van der Waals surface area contributed by atoms with Crippen molar-refractivity contribution in [2.24, 2.45) is 0 Å². The van der Waals surface area contributed by atoms with Gasteiger partial charge in [0.2, 0.25) is 0 Å². The summed E-state index contributed by atoms with van der Waals surface area (Å²) in [5, 5.41) is 6.88. The lowest BCUT2D eigenvalue weighted by molar-refractivity contribution is 0.0948. The number of rotatable bonds is 6. The van der Waals surface area contributed by atoms with E-state index in [4.69, 9.17) is 23.2 Å². The van der Waals surface area contributed by atoms with Crippen LogP contribution in [0.5, 0.6) is 0 Å². The summed E-state index contributed by atoms with van der Waals surface area (Å²) in [5.41, 5.74) is 0.905. The van der Waals surface area contributed by atoms with Crippen LogP contribution in [0.15, 0.2) is 30.6 Å². The van der Waals surface area contributed by atoms with Crippen LogP contribution >= 0.6 is 23.2 Å². The number of benzene rings is 1. The Hall–Kier alpha value is -1.85. The molecule has 0 bridgehead atoms. The predicted molar refractivity (Wildman–Crippen MR) is 89.0 cm³/mol. The molecule has 2 aromatic rings. The van der Waals surface area contributed by atoms with E-state index >= 15 is 0 Å². The summed E-state index contributed by atoms with van der Waals surface area (Å²) in [5.74, 6) is 0.252. The number of unbranched alkanes of at least 4 members (excludes halogenated alkanes) is 1. The van der Waals surface area contributed by atoms with Crippen LogP contribution < -0.4 is 10.6 Å². The largest absolute Gasteiger partial charge is 0.351 e. The topological polar surface area (TPSA) is 66.9 Å². The van der Waals surface area contributed by atoms with Crippen molar-refractivity contribution in [1.29, 1.82) is 0 Å². The van der Waals surface area contributed by atoms with Gasteiger partial charge < -0.3 is 10.6 Å². The fourth-order valence-electron chi connectivity index (χ4n) is 1.71. The number of anilines is 2. The molecule has 0 aliphatic rings. The molecule has 1 amide bonds. The van der Waals surface area contributed by atoms with E-state index < -0.39 is 0 Å². The first-order valence-corrected chi connectivity index (χ1v) is 7.68. The second kappa shape index (κ2) is 7.96. The molecule has 0 spiro atoms. The molecule has 0 fully saturated rings. The Balaban J connectivity index is 2.02. The second-order valence-electron chi connectivity index (χ2n) is 4.65. The van der Waals surface area contributed by atoms with Crippen molar-refractivity contribution in [1.82, 2.24) is 15.3 Å². The summed E-state index contributed by atoms with van der Waals surface area (Å²) < 4.78 is 0. The van der Waals surface area contributed by atoms with Crippen LogP contribution in [0.25, 0.3) is 0 Å². The van der Waals surface area contributed by atoms with Crippen molar-refractivity contribution in [3.63, 3.8) is 0 Å². The lowest BCUT2D eigenvalue weighted by Crippen LogP contribution is -2.25. The molecule has 0 unspecified atom stereocenters. The molecule has 0 aliphatic heterocycles. The molecule has 22 heavy (non-hydrogen) atoms. The maximum atomic E-state index is 11.8. The summed E-state index contributed by atoms with van der Waals surface area (Å²) in [6.07, 6.45) is 4.86. The van der Waals surface area contributed by atoms with Gasteiger partial charge in [-0.3, -0.25) is 4.79 Å². The molecule has 0 atom stereocenters. The van der Waals surface area contributed by atoms with E-state index in [1.54, 1.807) is 18.2 Å². The van der Waals surface area contributed by atoms with Crippen molar-refractivity contribution in [3.05, 3.63) is 46.3 Å². The number of halogens is 2. The Kier molecular flexibility index (Phi) is 5.98. The minimum absolute atomic E-state index is 0.228. The van der Waals surface area contributed by atoms with Crippen LogP contribution in [0.1, 0.15) is 30.3 Å². The van der Waals surface area contributed by atoms with Gasteiger partial charge in [-0.2, -0.15) is 0 Å². The molecular weight excluding hydrogens is 323 g/mol. The fourth-order valence-corrected chi connectivity index (χ4v) is 2.05. The van der Waals surface area contributed by atoms with E-state index in [0.29, 0.717) is 28.1 Å². The molecule has 1 aromatic heterocycles. The zero-order chi connectivity index (χ0) is 15.9. The SMILES string of the molecule is CCCCNC(=O)c1cnc(Nc2cc(Cl)ccc2Cl)cn1. The van der Waals surface area contributed by atoms with Gasteiger partial charge in [0, 0.05) is 11.6 Å². The van der Waals surface area contributed by atoms with E-state index in [1.807, 2.05) is 0 Å². The van der Waals surface area contributed by atoms with E-state index in [-0.39, 0.29) is 11.6 Å². The van der Waals surface area contributed by atoms with Crippen LogP contribution in [0.3, 0.4) is 0 Å². The zero-order valence-corrected chi connectivity index (χ0v) is 13.6. The van der Waals surface area contributed by atoms with Gasteiger partial charge in [0.1, 0.15) is 11.5 Å². The lowest BCUT2D eigenvalue weighted by atomic mass is 10.3. The average molecular weight is 339 g/mol. The molecular formula is C15H16Cl2N4O. The van der Waals surface area contributed by atoms with Crippen LogP contribution in [-0.2, 0) is 0 Å². The van der Waals surface area contributed by atoms with Gasteiger partial charge in [0.25, 0.3) is 5.91 Å². The number of aromatic nitrogens is 2. The van der Waals surface area contributed by atoms with Crippen molar-refractivity contribution >= 4 is 40.6 Å². The first-order chi connectivity index (χ1) is 10.6. The first-order valence-electron chi connectivity index (χ1n) is 6.92. The predicted octanol–water partition coefficient (Wildman–Crippen LogP) is 4.06. The van der Waals surface area contributed by atoms with Crippen LogP contribution in [0, 0.1) is 0 Å². The Morgan fingerprint density at radius 2 is 2.05 bits per heavy atom. The Labute approximate surface area is 139 Å². The number of hydrogen-bond donors (Lipinski definition) is 2. The quantitative estimate of drug-likeness (QED) is 0.779. The second-order valence-corrected chi connectivity index (χ2v) is 5.49. The normalized spacial score (nSPS) is 10.3. The van der Waals surface area contributed by atoms with Crippen LogP contribution in [0.2, 0.25) is 10.0 Å². The third-order valence-electron chi connectivity index (χ3n) is 2.89. The number of nitrogens with zero attached hydrogens (tertiary/aromatic N) is 2. The number of nitrogens with one attached hydrogen (secondary N) is 2. The highest BCUT2D eigenvalue weighted by molar-refractivity contribution is 6.35. The molecule has 5 nitrogen and oxygen atoms in total. The smallest absolute Gasteiger partial charge is 0.271 e. The molecule has 0 aliphatic carbocycles. The van der Waals surface area contributed by atoms with Crippen LogP contribution in [-0.4, -0.2) is 22.4 Å². The molecule has 1 heterocycles.